The smallest absolute Gasteiger partial charge is 0.128 e. The van der Waals surface area contributed by atoms with Crippen molar-refractivity contribution in [1.29, 1.82) is 0 Å². The zero-order valence-corrected chi connectivity index (χ0v) is 11.1. The van der Waals surface area contributed by atoms with Gasteiger partial charge in [0, 0.05) is 11.3 Å². The molecular formula is C15H22FN. The molecule has 3 atom stereocenters. The van der Waals surface area contributed by atoms with Gasteiger partial charge < -0.3 is 5.73 Å². The van der Waals surface area contributed by atoms with Crippen molar-refractivity contribution >= 4 is 5.69 Å². The second-order valence-corrected chi connectivity index (χ2v) is 5.78. The van der Waals surface area contributed by atoms with E-state index in [0.29, 0.717) is 17.2 Å². The Morgan fingerprint density at radius 1 is 1.29 bits per heavy atom. The number of benzene rings is 1. The minimum Gasteiger partial charge on any atom is -0.398 e. The molecule has 1 saturated carbocycles. The van der Waals surface area contributed by atoms with Gasteiger partial charge in [-0.15, -0.1) is 0 Å². The van der Waals surface area contributed by atoms with Crippen LogP contribution in [0.15, 0.2) is 12.1 Å². The predicted octanol–water partition coefficient (Wildman–Crippen LogP) is 4.29. The maximum Gasteiger partial charge on any atom is 0.128 e. The summed E-state index contributed by atoms with van der Waals surface area (Å²) in [6.07, 6.45) is 1.27. The zero-order valence-electron chi connectivity index (χ0n) is 11.1. The Morgan fingerprint density at radius 3 is 2.35 bits per heavy atom. The van der Waals surface area contributed by atoms with E-state index in [4.69, 9.17) is 5.73 Å². The molecule has 0 amide bonds. The van der Waals surface area contributed by atoms with E-state index in [1.54, 1.807) is 6.07 Å². The average molecular weight is 235 g/mol. The summed E-state index contributed by atoms with van der Waals surface area (Å²) in [6.45, 7) is 8.46. The number of nitrogens with two attached hydrogens (primary N) is 1. The number of nitrogen functional groups attached to an aromatic ring is 1. The minimum atomic E-state index is -0.169. The van der Waals surface area contributed by atoms with Crippen LogP contribution in [0, 0.1) is 17.7 Å². The highest BCUT2D eigenvalue weighted by atomic mass is 19.1. The molecule has 1 fully saturated rings. The van der Waals surface area contributed by atoms with Crippen molar-refractivity contribution in [1.82, 2.24) is 0 Å². The first-order chi connectivity index (χ1) is 7.93. The lowest BCUT2D eigenvalue weighted by Crippen LogP contribution is -2.08. The van der Waals surface area contributed by atoms with E-state index in [0.717, 1.165) is 17.4 Å². The third-order valence-electron chi connectivity index (χ3n) is 4.15. The Bertz CT molecular complexity index is 425. The van der Waals surface area contributed by atoms with Gasteiger partial charge in [-0.2, -0.15) is 0 Å². The summed E-state index contributed by atoms with van der Waals surface area (Å²) in [4.78, 5) is 0. The molecule has 1 aliphatic rings. The fourth-order valence-corrected chi connectivity index (χ4v) is 2.89. The largest absolute Gasteiger partial charge is 0.398 e. The lowest BCUT2D eigenvalue weighted by Gasteiger charge is -2.19. The fourth-order valence-electron chi connectivity index (χ4n) is 2.89. The molecule has 1 nitrogen and oxygen atoms in total. The molecule has 1 aromatic carbocycles. The lowest BCUT2D eigenvalue weighted by atomic mass is 9.89. The van der Waals surface area contributed by atoms with Crippen LogP contribution in [0.2, 0.25) is 0 Å². The normalized spacial score (nSPS) is 25.1. The number of hydrogen-bond donors (Lipinski definition) is 1. The van der Waals surface area contributed by atoms with Crippen LogP contribution in [0.3, 0.4) is 0 Å². The minimum absolute atomic E-state index is 0.138. The van der Waals surface area contributed by atoms with Crippen molar-refractivity contribution in [2.75, 3.05) is 5.73 Å². The van der Waals surface area contributed by atoms with E-state index in [2.05, 4.69) is 13.8 Å². The van der Waals surface area contributed by atoms with Crippen LogP contribution < -0.4 is 5.73 Å². The number of rotatable bonds is 3. The van der Waals surface area contributed by atoms with Gasteiger partial charge in [0.2, 0.25) is 0 Å². The quantitative estimate of drug-likeness (QED) is 0.777. The average Bonchev–Trinajstić information content (AvgIpc) is 2.94. The topological polar surface area (TPSA) is 26.0 Å². The van der Waals surface area contributed by atoms with Gasteiger partial charge in [-0.25, -0.2) is 4.39 Å². The number of halogens is 1. The van der Waals surface area contributed by atoms with Gasteiger partial charge in [-0.3, -0.25) is 0 Å². The monoisotopic (exact) mass is 235 g/mol. The van der Waals surface area contributed by atoms with Gasteiger partial charge in [0.1, 0.15) is 5.82 Å². The molecule has 0 bridgehead atoms. The van der Waals surface area contributed by atoms with Gasteiger partial charge >= 0.3 is 0 Å². The molecule has 2 N–H and O–H groups in total. The molecule has 2 heteroatoms. The molecule has 0 saturated heterocycles. The third-order valence-corrected chi connectivity index (χ3v) is 4.15. The lowest BCUT2D eigenvalue weighted by molar-refractivity contribution is 0.589. The van der Waals surface area contributed by atoms with Crippen molar-refractivity contribution in [3.8, 4) is 0 Å². The first kappa shape index (κ1) is 12.4. The highest BCUT2D eigenvalue weighted by Crippen LogP contribution is 2.49. The molecule has 94 valence electrons. The van der Waals surface area contributed by atoms with Crippen LogP contribution in [0.25, 0.3) is 0 Å². The third kappa shape index (κ3) is 2.18. The van der Waals surface area contributed by atoms with Crippen LogP contribution in [0.4, 0.5) is 10.1 Å². The predicted molar refractivity (Wildman–Crippen MR) is 70.6 cm³/mol. The van der Waals surface area contributed by atoms with Crippen LogP contribution in [0.1, 0.15) is 57.1 Å². The van der Waals surface area contributed by atoms with E-state index >= 15 is 0 Å². The van der Waals surface area contributed by atoms with Gasteiger partial charge in [0.25, 0.3) is 0 Å². The summed E-state index contributed by atoms with van der Waals surface area (Å²) in [5, 5.41) is 0. The molecular weight excluding hydrogens is 213 g/mol. The standard InChI is InChI=1S/C15H22FN/c1-8(2)14-13(16)6-5-11(15(14)17)10(4)12-7-9(12)3/h5-6,8-10,12H,7,17H2,1-4H3/t9?,10?,12-/m0/s1. The molecule has 0 heterocycles. The zero-order chi connectivity index (χ0) is 12.7. The molecule has 1 aromatic rings. The molecule has 0 radical (unpaired) electrons. The van der Waals surface area contributed by atoms with Gasteiger partial charge in [-0.05, 0) is 41.7 Å². The Labute approximate surface area is 103 Å². The molecule has 17 heavy (non-hydrogen) atoms. The summed E-state index contributed by atoms with van der Waals surface area (Å²) in [5.41, 5.74) is 8.64. The summed E-state index contributed by atoms with van der Waals surface area (Å²) < 4.78 is 13.8. The maximum atomic E-state index is 13.8. The summed E-state index contributed by atoms with van der Waals surface area (Å²) in [6, 6.07) is 3.44. The van der Waals surface area contributed by atoms with Crippen LogP contribution in [-0.2, 0) is 0 Å². The SMILES string of the molecule is CC(C)c1c(F)ccc(C(C)[C@H]2CC2C)c1N. The van der Waals surface area contributed by atoms with E-state index in [1.807, 2.05) is 19.9 Å². The van der Waals surface area contributed by atoms with Gasteiger partial charge in [0.15, 0.2) is 0 Å². The molecule has 0 aromatic heterocycles. The van der Waals surface area contributed by atoms with Crippen molar-refractivity contribution in [3.63, 3.8) is 0 Å². The Balaban J connectivity index is 2.38. The second kappa shape index (κ2) is 4.32. The Hall–Kier alpha value is -1.05. The van der Waals surface area contributed by atoms with Gasteiger partial charge in [-0.1, -0.05) is 33.8 Å². The van der Waals surface area contributed by atoms with Crippen LogP contribution in [-0.4, -0.2) is 0 Å². The van der Waals surface area contributed by atoms with Gasteiger partial charge in [0.05, 0.1) is 0 Å². The van der Waals surface area contributed by atoms with E-state index in [9.17, 15) is 4.39 Å². The maximum absolute atomic E-state index is 13.8. The fraction of sp³-hybridized carbons (Fsp3) is 0.600. The highest BCUT2D eigenvalue weighted by Gasteiger charge is 2.38. The Morgan fingerprint density at radius 2 is 1.88 bits per heavy atom. The van der Waals surface area contributed by atoms with Crippen LogP contribution >= 0.6 is 0 Å². The molecule has 2 rings (SSSR count). The van der Waals surface area contributed by atoms with E-state index in [-0.39, 0.29) is 11.7 Å². The molecule has 1 aliphatic carbocycles. The first-order valence-corrected chi connectivity index (χ1v) is 6.51. The first-order valence-electron chi connectivity index (χ1n) is 6.51. The van der Waals surface area contributed by atoms with Crippen molar-refractivity contribution in [3.05, 3.63) is 29.1 Å². The van der Waals surface area contributed by atoms with Crippen molar-refractivity contribution in [2.45, 2.75) is 46.0 Å². The van der Waals surface area contributed by atoms with E-state index < -0.39 is 0 Å². The van der Waals surface area contributed by atoms with Crippen molar-refractivity contribution < 1.29 is 4.39 Å². The number of hydrogen-bond acceptors (Lipinski definition) is 1. The Kier molecular flexibility index (Phi) is 3.15. The molecule has 0 spiro atoms. The summed E-state index contributed by atoms with van der Waals surface area (Å²) >= 11 is 0. The van der Waals surface area contributed by atoms with E-state index in [1.165, 1.54) is 6.42 Å². The summed E-state index contributed by atoms with van der Waals surface area (Å²) in [7, 11) is 0. The van der Waals surface area contributed by atoms with Crippen LogP contribution in [0.5, 0.6) is 0 Å². The molecule has 0 aliphatic heterocycles. The number of anilines is 1. The highest BCUT2D eigenvalue weighted by molar-refractivity contribution is 5.57. The summed E-state index contributed by atoms with van der Waals surface area (Å²) in [5.74, 6) is 1.93. The second-order valence-electron chi connectivity index (χ2n) is 5.78. The molecule has 2 unspecified atom stereocenters. The van der Waals surface area contributed by atoms with Crippen molar-refractivity contribution in [2.24, 2.45) is 11.8 Å².